The van der Waals surface area contributed by atoms with Crippen molar-refractivity contribution in [2.45, 2.75) is 84.5 Å². The molecule has 2 nitrogen and oxygen atoms in total. The van der Waals surface area contributed by atoms with Gasteiger partial charge in [0.15, 0.2) is 0 Å². The maximum Gasteiger partial charge on any atom is 0.139 e. The Morgan fingerprint density at radius 1 is 1.08 bits per heavy atom. The van der Waals surface area contributed by atoms with Gasteiger partial charge in [0.1, 0.15) is 5.78 Å². The smallest absolute Gasteiger partial charge is 0.139 e. The van der Waals surface area contributed by atoms with Crippen molar-refractivity contribution >= 4 is 5.78 Å². The van der Waals surface area contributed by atoms with E-state index in [9.17, 15) is 4.79 Å². The number of rotatable bonds is 4. The van der Waals surface area contributed by atoms with Gasteiger partial charge in [-0.15, -0.1) is 0 Å². The fourth-order valence-corrected chi connectivity index (χ4v) is 7.76. The second-order valence-corrected chi connectivity index (χ2v) is 10.5. The Balaban J connectivity index is 1.46. The maximum atomic E-state index is 12.5. The largest absolute Gasteiger partial charge is 0.330 e. The number of ketones is 1. The van der Waals surface area contributed by atoms with Crippen molar-refractivity contribution in [1.29, 1.82) is 0 Å². The highest BCUT2D eigenvalue weighted by Gasteiger charge is 2.59. The summed E-state index contributed by atoms with van der Waals surface area (Å²) in [5.74, 6) is 4.69. The average Bonchev–Trinajstić information content (AvgIpc) is 2.94. The van der Waals surface area contributed by atoms with Crippen LogP contribution in [-0.2, 0) is 4.79 Å². The van der Waals surface area contributed by atoms with Gasteiger partial charge in [0.25, 0.3) is 0 Å². The van der Waals surface area contributed by atoms with E-state index in [0.717, 1.165) is 49.5 Å². The lowest BCUT2D eigenvalue weighted by atomic mass is 9.44. The zero-order valence-corrected chi connectivity index (χ0v) is 17.0. The van der Waals surface area contributed by atoms with Crippen molar-refractivity contribution in [3.8, 4) is 0 Å². The van der Waals surface area contributed by atoms with E-state index in [0.29, 0.717) is 17.1 Å². The van der Waals surface area contributed by atoms with Crippen LogP contribution in [0.1, 0.15) is 84.5 Å². The molecule has 26 heavy (non-hydrogen) atoms. The third-order valence-electron chi connectivity index (χ3n) is 9.40. The second kappa shape index (κ2) is 7.08. The van der Waals surface area contributed by atoms with Gasteiger partial charge < -0.3 is 5.73 Å². The number of unbranched alkanes of at least 4 members (excludes halogenated alkanes) is 1. The first-order valence-electron chi connectivity index (χ1n) is 11.4. The molecule has 4 aliphatic rings. The van der Waals surface area contributed by atoms with Crippen molar-refractivity contribution in [3.63, 3.8) is 0 Å². The van der Waals surface area contributed by atoms with E-state index in [2.05, 4.69) is 26.0 Å². The summed E-state index contributed by atoms with van der Waals surface area (Å²) in [6, 6.07) is 0. The molecule has 2 N–H and O–H groups in total. The van der Waals surface area contributed by atoms with E-state index in [1.54, 1.807) is 0 Å². The van der Waals surface area contributed by atoms with E-state index < -0.39 is 0 Å². The third kappa shape index (κ3) is 2.91. The van der Waals surface area contributed by atoms with Crippen LogP contribution in [0.2, 0.25) is 0 Å². The number of allylic oxidation sites excluding steroid dienone is 2. The summed E-state index contributed by atoms with van der Waals surface area (Å²) < 4.78 is 0. The first-order chi connectivity index (χ1) is 12.5. The minimum absolute atomic E-state index is 0.0350. The van der Waals surface area contributed by atoms with Crippen molar-refractivity contribution < 1.29 is 4.79 Å². The molecule has 0 saturated heterocycles. The molecule has 0 aliphatic heterocycles. The third-order valence-corrected chi connectivity index (χ3v) is 9.40. The average molecular weight is 358 g/mol. The van der Waals surface area contributed by atoms with Crippen LogP contribution in [0.5, 0.6) is 0 Å². The maximum absolute atomic E-state index is 12.5. The molecule has 0 amide bonds. The summed E-state index contributed by atoms with van der Waals surface area (Å²) in [7, 11) is 0. The zero-order valence-electron chi connectivity index (χ0n) is 17.0. The lowest BCUT2D eigenvalue weighted by molar-refractivity contribution is -0.139. The molecule has 146 valence electrons. The highest BCUT2D eigenvalue weighted by molar-refractivity contribution is 5.87. The molecule has 0 aromatic heterocycles. The van der Waals surface area contributed by atoms with Crippen LogP contribution in [0.15, 0.2) is 12.2 Å². The van der Waals surface area contributed by atoms with Crippen LogP contribution in [0.25, 0.3) is 0 Å². The van der Waals surface area contributed by atoms with Gasteiger partial charge in [-0.1, -0.05) is 26.0 Å². The predicted octanol–water partition coefficient (Wildman–Crippen LogP) is 5.51. The first-order valence-corrected chi connectivity index (χ1v) is 11.4. The Bertz CT molecular complexity index is 569. The fourth-order valence-electron chi connectivity index (χ4n) is 7.76. The van der Waals surface area contributed by atoms with E-state index in [1.165, 1.54) is 51.4 Å². The van der Waals surface area contributed by atoms with Gasteiger partial charge in [-0.3, -0.25) is 4.79 Å². The summed E-state index contributed by atoms with van der Waals surface area (Å²) in [6.07, 6.45) is 18.7. The van der Waals surface area contributed by atoms with E-state index in [1.807, 2.05) is 0 Å². The van der Waals surface area contributed by atoms with Gasteiger partial charge >= 0.3 is 0 Å². The first kappa shape index (κ1) is 18.7. The summed E-state index contributed by atoms with van der Waals surface area (Å²) in [5.41, 5.74) is 6.19. The van der Waals surface area contributed by atoms with Crippen LogP contribution >= 0.6 is 0 Å². The van der Waals surface area contributed by atoms with Gasteiger partial charge in [-0.25, -0.2) is 0 Å². The SMILES string of the molecule is C[C@]12CC[C@H](C=CCCCN)CC1CCC1C2CC[C@]2(C)C(=O)CCC12. The zero-order chi connectivity index (χ0) is 18.4. The van der Waals surface area contributed by atoms with Crippen LogP contribution in [-0.4, -0.2) is 12.3 Å². The minimum Gasteiger partial charge on any atom is -0.330 e. The van der Waals surface area contributed by atoms with Crippen LogP contribution in [0.4, 0.5) is 0 Å². The second-order valence-electron chi connectivity index (χ2n) is 10.5. The Labute approximate surface area is 160 Å². The standard InChI is InChI=1S/C24H39NO/c1-23-13-11-17(6-4-3-5-15-25)16-18(23)7-8-19-20-9-10-22(26)24(20,2)14-12-21(19)23/h4,6,17-21H,3,5,7-16,25H2,1-2H3/t17-,18?,19?,20?,21?,23-,24-/m0/s1. The molecule has 0 radical (unpaired) electrons. The van der Waals surface area contributed by atoms with E-state index in [-0.39, 0.29) is 5.41 Å². The molecular weight excluding hydrogens is 318 g/mol. The van der Waals surface area contributed by atoms with Gasteiger partial charge in [-0.05, 0) is 106 Å². The predicted molar refractivity (Wildman–Crippen MR) is 108 cm³/mol. The molecule has 4 unspecified atom stereocenters. The molecule has 0 aromatic rings. The fraction of sp³-hybridized carbons (Fsp3) is 0.875. The molecule has 0 aromatic carbocycles. The Morgan fingerprint density at radius 2 is 1.92 bits per heavy atom. The number of hydrogen-bond acceptors (Lipinski definition) is 2. The lowest BCUT2D eigenvalue weighted by Gasteiger charge is -2.60. The summed E-state index contributed by atoms with van der Waals surface area (Å²) in [5, 5.41) is 0. The van der Waals surface area contributed by atoms with Crippen LogP contribution in [0, 0.1) is 40.4 Å². The molecule has 0 heterocycles. The molecule has 0 bridgehead atoms. The van der Waals surface area contributed by atoms with Crippen LogP contribution < -0.4 is 5.73 Å². The number of carbonyl (C=O) groups excluding carboxylic acids is 1. The topological polar surface area (TPSA) is 43.1 Å². The van der Waals surface area contributed by atoms with Gasteiger partial charge in [0, 0.05) is 11.8 Å². The molecule has 4 aliphatic carbocycles. The normalized spacial score (nSPS) is 48.3. The quantitative estimate of drug-likeness (QED) is 0.532. The van der Waals surface area contributed by atoms with Crippen molar-refractivity contribution in [2.24, 2.45) is 46.2 Å². The highest BCUT2D eigenvalue weighted by Crippen LogP contribution is 2.65. The minimum atomic E-state index is 0.0350. The number of nitrogens with two attached hydrogens (primary N) is 1. The Hall–Kier alpha value is -0.630. The van der Waals surface area contributed by atoms with Crippen molar-refractivity contribution in [3.05, 3.63) is 12.2 Å². The van der Waals surface area contributed by atoms with Gasteiger partial charge in [-0.2, -0.15) is 0 Å². The lowest BCUT2D eigenvalue weighted by Crippen LogP contribution is -2.53. The van der Waals surface area contributed by atoms with Gasteiger partial charge in [0.2, 0.25) is 0 Å². The molecule has 4 rings (SSSR count). The highest BCUT2D eigenvalue weighted by atomic mass is 16.1. The van der Waals surface area contributed by atoms with Gasteiger partial charge in [0.05, 0.1) is 0 Å². The number of Topliss-reactive ketones (excluding diaryl/α,β-unsaturated/α-hetero) is 1. The number of fused-ring (bicyclic) bond motifs is 5. The summed E-state index contributed by atoms with van der Waals surface area (Å²) in [4.78, 5) is 12.5. The molecule has 2 heteroatoms. The molecule has 4 fully saturated rings. The summed E-state index contributed by atoms with van der Waals surface area (Å²) >= 11 is 0. The van der Waals surface area contributed by atoms with Crippen molar-refractivity contribution in [1.82, 2.24) is 0 Å². The Kier molecular flexibility index (Phi) is 5.09. The van der Waals surface area contributed by atoms with Crippen molar-refractivity contribution in [2.75, 3.05) is 6.54 Å². The Morgan fingerprint density at radius 3 is 2.73 bits per heavy atom. The summed E-state index contributed by atoms with van der Waals surface area (Å²) in [6.45, 7) is 5.74. The monoisotopic (exact) mass is 357 g/mol. The molecular formula is C24H39NO. The number of hydrogen-bond donors (Lipinski definition) is 1. The van der Waals surface area contributed by atoms with Crippen LogP contribution in [0.3, 0.4) is 0 Å². The molecule has 0 spiro atoms. The number of carbonyl (C=O) groups is 1. The molecule has 4 saturated carbocycles. The molecule has 7 atom stereocenters. The van der Waals surface area contributed by atoms with E-state index in [4.69, 9.17) is 5.73 Å². The van der Waals surface area contributed by atoms with E-state index >= 15 is 0 Å².